The third kappa shape index (κ3) is 2.51. The summed E-state index contributed by atoms with van der Waals surface area (Å²) >= 11 is 0. The van der Waals surface area contributed by atoms with Crippen molar-refractivity contribution in [1.29, 1.82) is 0 Å². The lowest BCUT2D eigenvalue weighted by Gasteiger charge is -2.15. The second-order valence-electron chi connectivity index (χ2n) is 4.34. The van der Waals surface area contributed by atoms with Crippen LogP contribution in [0.2, 0.25) is 0 Å². The number of fused-ring (bicyclic) bond motifs is 1. The first-order chi connectivity index (χ1) is 8.61. The van der Waals surface area contributed by atoms with E-state index in [1.165, 1.54) is 0 Å². The fourth-order valence-corrected chi connectivity index (χ4v) is 2.15. The number of nitrogens with one attached hydrogen (secondary N) is 2. The Morgan fingerprint density at radius 2 is 2.17 bits per heavy atom. The van der Waals surface area contributed by atoms with Gasteiger partial charge < -0.3 is 15.5 Å². The predicted octanol–water partition coefficient (Wildman–Crippen LogP) is 0.753. The number of hydrogen-bond acceptors (Lipinski definition) is 3. The maximum absolute atomic E-state index is 11.5. The number of likely N-dealkylation sites (N-methyl/N-ethyl adjacent to an activating group) is 1. The van der Waals surface area contributed by atoms with E-state index in [0.717, 1.165) is 29.9 Å². The molecule has 0 fully saturated rings. The summed E-state index contributed by atoms with van der Waals surface area (Å²) in [6, 6.07) is 5.70. The van der Waals surface area contributed by atoms with Crippen molar-refractivity contribution >= 4 is 23.2 Å². The molecule has 1 aliphatic heterocycles. The fourth-order valence-electron chi connectivity index (χ4n) is 2.15. The molecule has 0 atom stereocenters. The molecule has 0 bridgehead atoms. The Morgan fingerprint density at radius 1 is 1.39 bits per heavy atom. The Bertz CT molecular complexity index is 485. The fraction of sp³-hybridized carbons (Fsp3) is 0.385. The number of anilines is 2. The van der Waals surface area contributed by atoms with Crippen molar-refractivity contribution in [3.05, 3.63) is 23.8 Å². The van der Waals surface area contributed by atoms with Crippen LogP contribution in [0.25, 0.3) is 0 Å². The van der Waals surface area contributed by atoms with Crippen molar-refractivity contribution in [3.8, 4) is 0 Å². The van der Waals surface area contributed by atoms with Crippen molar-refractivity contribution in [3.63, 3.8) is 0 Å². The lowest BCUT2D eigenvalue weighted by Crippen LogP contribution is -2.26. The molecule has 0 saturated carbocycles. The SMILES string of the molecule is CNCC(=O)Nc1ccc2c(c1)N(C(C)=O)CC2. The van der Waals surface area contributed by atoms with Gasteiger partial charge in [0.05, 0.1) is 6.54 Å². The van der Waals surface area contributed by atoms with Gasteiger partial charge in [0.15, 0.2) is 0 Å². The Labute approximate surface area is 106 Å². The molecule has 0 aromatic heterocycles. The number of hydrogen-bond donors (Lipinski definition) is 2. The van der Waals surface area contributed by atoms with Crippen molar-refractivity contribution in [2.24, 2.45) is 0 Å². The van der Waals surface area contributed by atoms with Gasteiger partial charge in [0, 0.05) is 24.8 Å². The summed E-state index contributed by atoms with van der Waals surface area (Å²) in [6.45, 7) is 2.55. The van der Waals surface area contributed by atoms with Gasteiger partial charge in [-0.15, -0.1) is 0 Å². The second-order valence-corrected chi connectivity index (χ2v) is 4.34. The molecule has 18 heavy (non-hydrogen) atoms. The summed E-state index contributed by atoms with van der Waals surface area (Å²) in [5, 5.41) is 5.58. The van der Waals surface area contributed by atoms with Crippen molar-refractivity contribution < 1.29 is 9.59 Å². The maximum atomic E-state index is 11.5. The standard InChI is InChI=1S/C13H17N3O2/c1-9(17)16-6-5-10-3-4-11(7-12(10)16)15-13(18)8-14-2/h3-4,7,14H,5-6,8H2,1-2H3,(H,15,18). The van der Waals surface area contributed by atoms with Crippen LogP contribution in [0.1, 0.15) is 12.5 Å². The van der Waals surface area contributed by atoms with E-state index in [1.807, 2.05) is 18.2 Å². The molecule has 96 valence electrons. The highest BCUT2D eigenvalue weighted by atomic mass is 16.2. The molecule has 1 aromatic carbocycles. The van der Waals surface area contributed by atoms with Gasteiger partial charge in [0.1, 0.15) is 0 Å². The van der Waals surface area contributed by atoms with Crippen LogP contribution in [0.5, 0.6) is 0 Å². The molecule has 2 N–H and O–H groups in total. The van der Waals surface area contributed by atoms with E-state index in [4.69, 9.17) is 0 Å². The Hall–Kier alpha value is -1.88. The Balaban J connectivity index is 2.19. The van der Waals surface area contributed by atoms with Gasteiger partial charge in [-0.2, -0.15) is 0 Å². The van der Waals surface area contributed by atoms with Gasteiger partial charge in [0.25, 0.3) is 0 Å². The first-order valence-electron chi connectivity index (χ1n) is 5.97. The van der Waals surface area contributed by atoms with Crippen LogP contribution < -0.4 is 15.5 Å². The largest absolute Gasteiger partial charge is 0.325 e. The van der Waals surface area contributed by atoms with Crippen LogP contribution in [0, 0.1) is 0 Å². The zero-order valence-electron chi connectivity index (χ0n) is 10.6. The zero-order valence-corrected chi connectivity index (χ0v) is 10.6. The molecule has 0 saturated heterocycles. The van der Waals surface area contributed by atoms with E-state index < -0.39 is 0 Å². The van der Waals surface area contributed by atoms with Crippen LogP contribution >= 0.6 is 0 Å². The van der Waals surface area contributed by atoms with Crippen LogP contribution in [0.3, 0.4) is 0 Å². The van der Waals surface area contributed by atoms with Crippen molar-refractivity contribution in [2.45, 2.75) is 13.3 Å². The van der Waals surface area contributed by atoms with E-state index in [2.05, 4.69) is 10.6 Å². The van der Waals surface area contributed by atoms with E-state index in [-0.39, 0.29) is 18.4 Å². The Morgan fingerprint density at radius 3 is 2.83 bits per heavy atom. The average Bonchev–Trinajstić information content (AvgIpc) is 2.72. The monoisotopic (exact) mass is 247 g/mol. The molecule has 1 heterocycles. The molecule has 0 unspecified atom stereocenters. The van der Waals surface area contributed by atoms with Crippen molar-refractivity contribution in [1.82, 2.24) is 5.32 Å². The minimum Gasteiger partial charge on any atom is -0.325 e. The molecular weight excluding hydrogens is 230 g/mol. The molecule has 0 spiro atoms. The number of carbonyl (C=O) groups excluding carboxylic acids is 2. The molecule has 0 aliphatic carbocycles. The third-order valence-corrected chi connectivity index (χ3v) is 2.98. The molecule has 1 aliphatic rings. The number of nitrogens with zero attached hydrogens (tertiary/aromatic N) is 1. The summed E-state index contributed by atoms with van der Waals surface area (Å²) < 4.78 is 0. The van der Waals surface area contributed by atoms with Crippen molar-refractivity contribution in [2.75, 3.05) is 30.4 Å². The average molecular weight is 247 g/mol. The number of amides is 2. The van der Waals surface area contributed by atoms with E-state index in [9.17, 15) is 9.59 Å². The van der Waals surface area contributed by atoms with Gasteiger partial charge >= 0.3 is 0 Å². The smallest absolute Gasteiger partial charge is 0.238 e. The first-order valence-corrected chi connectivity index (χ1v) is 5.97. The Kier molecular flexibility index (Phi) is 3.62. The predicted molar refractivity (Wildman–Crippen MR) is 70.7 cm³/mol. The summed E-state index contributed by atoms with van der Waals surface area (Å²) in [5.74, 6) is -0.0581. The summed E-state index contributed by atoms with van der Waals surface area (Å²) in [7, 11) is 1.72. The molecule has 5 heteroatoms. The van der Waals surface area contributed by atoms with Crippen LogP contribution in [0.4, 0.5) is 11.4 Å². The van der Waals surface area contributed by atoms with Gasteiger partial charge in [-0.05, 0) is 31.2 Å². The van der Waals surface area contributed by atoms with Crippen LogP contribution in [-0.4, -0.2) is 32.0 Å². The van der Waals surface area contributed by atoms with E-state index in [1.54, 1.807) is 18.9 Å². The first kappa shape index (κ1) is 12.6. The van der Waals surface area contributed by atoms with Crippen LogP contribution in [-0.2, 0) is 16.0 Å². The van der Waals surface area contributed by atoms with Crippen LogP contribution in [0.15, 0.2) is 18.2 Å². The summed E-state index contributed by atoms with van der Waals surface area (Å²) in [5.41, 5.74) is 2.78. The highest BCUT2D eigenvalue weighted by Crippen LogP contribution is 2.30. The summed E-state index contributed by atoms with van der Waals surface area (Å²) in [6.07, 6.45) is 0.875. The molecule has 2 amide bonds. The minimum atomic E-state index is -0.0928. The third-order valence-electron chi connectivity index (χ3n) is 2.98. The highest BCUT2D eigenvalue weighted by Gasteiger charge is 2.22. The lowest BCUT2D eigenvalue weighted by molar-refractivity contribution is -0.116. The molecule has 5 nitrogen and oxygen atoms in total. The van der Waals surface area contributed by atoms with Gasteiger partial charge in [0.2, 0.25) is 11.8 Å². The minimum absolute atomic E-state index is 0.0347. The molecule has 2 rings (SSSR count). The van der Waals surface area contributed by atoms with Gasteiger partial charge in [-0.1, -0.05) is 6.07 Å². The second kappa shape index (κ2) is 5.18. The molecule has 1 aromatic rings. The quantitative estimate of drug-likeness (QED) is 0.828. The molecule has 0 radical (unpaired) electrons. The zero-order chi connectivity index (χ0) is 13.1. The lowest BCUT2D eigenvalue weighted by atomic mass is 10.1. The van der Waals surface area contributed by atoms with Gasteiger partial charge in [-0.25, -0.2) is 0 Å². The van der Waals surface area contributed by atoms with Gasteiger partial charge in [-0.3, -0.25) is 9.59 Å². The highest BCUT2D eigenvalue weighted by molar-refractivity contribution is 5.96. The topological polar surface area (TPSA) is 61.4 Å². The van der Waals surface area contributed by atoms with E-state index >= 15 is 0 Å². The molecular formula is C13H17N3O2. The van der Waals surface area contributed by atoms with E-state index in [0.29, 0.717) is 0 Å². The number of benzene rings is 1. The normalized spacial score (nSPS) is 13.3. The number of carbonyl (C=O) groups is 2. The maximum Gasteiger partial charge on any atom is 0.238 e. The summed E-state index contributed by atoms with van der Waals surface area (Å²) in [4.78, 5) is 24.7. The number of rotatable bonds is 3.